The van der Waals surface area contributed by atoms with Gasteiger partial charge in [0.05, 0.1) is 5.69 Å². The van der Waals surface area contributed by atoms with Gasteiger partial charge in [0.15, 0.2) is 0 Å². The van der Waals surface area contributed by atoms with E-state index in [0.29, 0.717) is 16.8 Å². The molecule has 3 aromatic rings. The Morgan fingerprint density at radius 3 is 2.64 bits per heavy atom. The molecule has 2 N–H and O–H groups in total. The van der Waals surface area contributed by atoms with Crippen molar-refractivity contribution in [3.05, 3.63) is 70.3 Å². The monoisotopic (exact) mass is 374 g/mol. The number of benzene rings is 2. The third-order valence-corrected chi connectivity index (χ3v) is 3.80. The predicted octanol–water partition coefficient (Wildman–Crippen LogP) is 5.38. The van der Waals surface area contributed by atoms with E-state index in [-0.39, 0.29) is 0 Å². The molecule has 0 radical (unpaired) electrons. The molecule has 4 nitrogen and oxygen atoms in total. The molecule has 0 bridgehead atoms. The summed E-state index contributed by atoms with van der Waals surface area (Å²) >= 11 is 9.46. The van der Waals surface area contributed by atoms with Crippen LogP contribution in [0.2, 0.25) is 5.02 Å². The van der Waals surface area contributed by atoms with Gasteiger partial charge in [0.1, 0.15) is 5.82 Å². The normalized spacial score (nSPS) is 10.3. The first-order valence-corrected chi connectivity index (χ1v) is 7.75. The molecular weight excluding hydrogens is 364 g/mol. The number of nitrogens with zero attached hydrogens (tertiary/aromatic N) is 2. The predicted molar refractivity (Wildman–Crippen MR) is 94.2 cm³/mol. The third-order valence-electron chi connectivity index (χ3n) is 2.87. The summed E-state index contributed by atoms with van der Waals surface area (Å²) in [5.41, 5.74) is 1.78. The van der Waals surface area contributed by atoms with E-state index in [4.69, 9.17) is 11.6 Å². The molecule has 0 unspecified atom stereocenters. The van der Waals surface area contributed by atoms with Crippen molar-refractivity contribution in [3.63, 3.8) is 0 Å². The van der Waals surface area contributed by atoms with Gasteiger partial charge in [0.25, 0.3) is 0 Å². The second-order valence-electron chi connectivity index (χ2n) is 4.51. The van der Waals surface area contributed by atoms with Crippen molar-refractivity contribution in [2.75, 3.05) is 10.6 Å². The van der Waals surface area contributed by atoms with Crippen LogP contribution < -0.4 is 10.6 Å². The van der Waals surface area contributed by atoms with Gasteiger partial charge < -0.3 is 10.6 Å². The fourth-order valence-electron chi connectivity index (χ4n) is 1.89. The summed E-state index contributed by atoms with van der Waals surface area (Å²) in [6, 6.07) is 17.1. The highest BCUT2D eigenvalue weighted by Gasteiger charge is 2.03. The van der Waals surface area contributed by atoms with E-state index in [1.807, 2.05) is 48.5 Å². The molecule has 1 aromatic heterocycles. The molecule has 3 rings (SSSR count). The van der Waals surface area contributed by atoms with Gasteiger partial charge in [-0.3, -0.25) is 0 Å². The highest BCUT2D eigenvalue weighted by atomic mass is 79.9. The number of anilines is 4. The maximum Gasteiger partial charge on any atom is 0.229 e. The van der Waals surface area contributed by atoms with Gasteiger partial charge in [-0.25, -0.2) is 4.98 Å². The standard InChI is InChI=1S/C16H12BrClN4/c17-13-6-1-2-7-14(13)21-16-19-9-8-15(22-16)20-12-5-3-4-11(18)10-12/h1-10H,(H2,19,20,21,22). The quantitative estimate of drug-likeness (QED) is 0.643. The van der Waals surface area contributed by atoms with Crippen molar-refractivity contribution in [2.24, 2.45) is 0 Å². The van der Waals surface area contributed by atoms with Crippen LogP contribution in [0.3, 0.4) is 0 Å². The number of rotatable bonds is 4. The SMILES string of the molecule is Clc1cccc(Nc2ccnc(Nc3ccccc3Br)n2)c1. The summed E-state index contributed by atoms with van der Waals surface area (Å²) in [5.74, 6) is 1.20. The Kier molecular flexibility index (Phi) is 4.56. The second-order valence-corrected chi connectivity index (χ2v) is 5.80. The third kappa shape index (κ3) is 3.75. The maximum atomic E-state index is 5.98. The molecule has 0 aliphatic heterocycles. The molecule has 1 heterocycles. The van der Waals surface area contributed by atoms with Crippen molar-refractivity contribution >= 4 is 50.7 Å². The van der Waals surface area contributed by atoms with E-state index in [1.165, 1.54) is 0 Å². The summed E-state index contributed by atoms with van der Waals surface area (Å²) in [6.07, 6.45) is 1.69. The molecule has 0 saturated carbocycles. The van der Waals surface area contributed by atoms with Crippen molar-refractivity contribution in [1.29, 1.82) is 0 Å². The number of hydrogen-bond acceptors (Lipinski definition) is 4. The first kappa shape index (κ1) is 14.8. The minimum Gasteiger partial charge on any atom is -0.340 e. The minimum absolute atomic E-state index is 0.513. The van der Waals surface area contributed by atoms with E-state index < -0.39 is 0 Å². The molecule has 110 valence electrons. The van der Waals surface area contributed by atoms with E-state index in [9.17, 15) is 0 Å². The Labute approximate surface area is 141 Å². The van der Waals surface area contributed by atoms with E-state index >= 15 is 0 Å². The average Bonchev–Trinajstić information content (AvgIpc) is 2.50. The molecule has 0 fully saturated rings. The second kappa shape index (κ2) is 6.77. The summed E-state index contributed by atoms with van der Waals surface area (Å²) in [5, 5.41) is 7.04. The first-order chi connectivity index (χ1) is 10.7. The van der Waals surface area contributed by atoms with Crippen molar-refractivity contribution in [1.82, 2.24) is 9.97 Å². The highest BCUT2D eigenvalue weighted by molar-refractivity contribution is 9.10. The van der Waals surface area contributed by atoms with Crippen molar-refractivity contribution in [2.45, 2.75) is 0 Å². The Hall–Kier alpha value is -2.11. The Morgan fingerprint density at radius 1 is 0.955 bits per heavy atom. The molecule has 0 aliphatic carbocycles. The lowest BCUT2D eigenvalue weighted by Gasteiger charge is -2.09. The van der Waals surface area contributed by atoms with Crippen LogP contribution in [0.1, 0.15) is 0 Å². The lowest BCUT2D eigenvalue weighted by Crippen LogP contribution is -2.00. The summed E-state index contributed by atoms with van der Waals surface area (Å²) < 4.78 is 0.951. The number of para-hydroxylation sites is 1. The van der Waals surface area contributed by atoms with Gasteiger partial charge in [-0.05, 0) is 52.3 Å². The molecule has 0 saturated heterocycles. The summed E-state index contributed by atoms with van der Waals surface area (Å²) in [7, 11) is 0. The van der Waals surface area contributed by atoms with Crippen LogP contribution in [0.5, 0.6) is 0 Å². The lowest BCUT2D eigenvalue weighted by molar-refractivity contribution is 1.16. The average molecular weight is 376 g/mol. The van der Waals surface area contributed by atoms with Gasteiger partial charge >= 0.3 is 0 Å². The van der Waals surface area contributed by atoms with Crippen LogP contribution >= 0.6 is 27.5 Å². The summed E-state index contributed by atoms with van der Waals surface area (Å²) in [4.78, 5) is 8.66. The molecule has 6 heteroatoms. The minimum atomic E-state index is 0.513. The Bertz CT molecular complexity index is 794. The van der Waals surface area contributed by atoms with E-state index in [1.54, 1.807) is 12.3 Å². The van der Waals surface area contributed by atoms with Crippen molar-refractivity contribution < 1.29 is 0 Å². The zero-order chi connectivity index (χ0) is 15.4. The van der Waals surface area contributed by atoms with Crippen LogP contribution in [-0.4, -0.2) is 9.97 Å². The summed E-state index contributed by atoms with van der Waals surface area (Å²) in [6.45, 7) is 0. The molecule has 2 aromatic carbocycles. The molecular formula is C16H12BrClN4. The van der Waals surface area contributed by atoms with E-state index in [0.717, 1.165) is 15.8 Å². The fraction of sp³-hybridized carbons (Fsp3) is 0. The Balaban J connectivity index is 1.79. The van der Waals surface area contributed by atoms with Crippen LogP contribution in [0.25, 0.3) is 0 Å². The first-order valence-electron chi connectivity index (χ1n) is 6.58. The van der Waals surface area contributed by atoms with Crippen LogP contribution in [-0.2, 0) is 0 Å². The largest absolute Gasteiger partial charge is 0.340 e. The fourth-order valence-corrected chi connectivity index (χ4v) is 2.46. The Morgan fingerprint density at radius 2 is 1.82 bits per heavy atom. The molecule has 0 aliphatic rings. The number of hydrogen-bond donors (Lipinski definition) is 2. The lowest BCUT2D eigenvalue weighted by atomic mass is 10.3. The number of aromatic nitrogens is 2. The van der Waals surface area contributed by atoms with Crippen molar-refractivity contribution in [3.8, 4) is 0 Å². The van der Waals surface area contributed by atoms with Crippen LogP contribution in [0.15, 0.2) is 65.3 Å². The molecule has 22 heavy (non-hydrogen) atoms. The smallest absolute Gasteiger partial charge is 0.229 e. The molecule has 0 spiro atoms. The van der Waals surface area contributed by atoms with Gasteiger partial charge in [-0.2, -0.15) is 4.98 Å². The van der Waals surface area contributed by atoms with Gasteiger partial charge in [0.2, 0.25) is 5.95 Å². The number of halogens is 2. The maximum absolute atomic E-state index is 5.98. The number of nitrogens with one attached hydrogen (secondary N) is 2. The van der Waals surface area contributed by atoms with Crippen LogP contribution in [0.4, 0.5) is 23.1 Å². The molecule has 0 atom stereocenters. The van der Waals surface area contributed by atoms with Gasteiger partial charge in [0, 0.05) is 21.4 Å². The van der Waals surface area contributed by atoms with Gasteiger partial charge in [-0.15, -0.1) is 0 Å². The van der Waals surface area contributed by atoms with Crippen LogP contribution in [0, 0.1) is 0 Å². The molecule has 0 amide bonds. The topological polar surface area (TPSA) is 49.8 Å². The zero-order valence-electron chi connectivity index (χ0n) is 11.4. The highest BCUT2D eigenvalue weighted by Crippen LogP contribution is 2.24. The van der Waals surface area contributed by atoms with Gasteiger partial charge in [-0.1, -0.05) is 29.8 Å². The van der Waals surface area contributed by atoms with E-state index in [2.05, 4.69) is 36.5 Å². The zero-order valence-corrected chi connectivity index (χ0v) is 13.8.